The first kappa shape index (κ1) is 20.2. The van der Waals surface area contributed by atoms with E-state index in [1.54, 1.807) is 54.6 Å². The molecule has 2 aliphatic heterocycles. The highest BCUT2D eigenvalue weighted by molar-refractivity contribution is 6.31. The van der Waals surface area contributed by atoms with Gasteiger partial charge >= 0.3 is 0 Å². The van der Waals surface area contributed by atoms with Gasteiger partial charge in [-0.15, -0.1) is 0 Å². The van der Waals surface area contributed by atoms with E-state index in [0.717, 1.165) is 4.90 Å². The lowest BCUT2D eigenvalue weighted by atomic mass is 9.90. The number of fused-ring (bicyclic) bond motifs is 1. The van der Waals surface area contributed by atoms with Gasteiger partial charge in [0.1, 0.15) is 5.92 Å². The number of hydroxylamine groups is 1. The number of nitro groups is 1. The van der Waals surface area contributed by atoms with E-state index in [1.165, 1.54) is 23.3 Å². The average Bonchev–Trinajstić information content (AvgIpc) is 3.31. The molecule has 2 aliphatic rings. The second-order valence-electron chi connectivity index (χ2n) is 7.47. The van der Waals surface area contributed by atoms with Crippen LogP contribution in [0.3, 0.4) is 0 Å². The molecule has 0 N–H and O–H groups in total. The highest BCUT2D eigenvalue weighted by Crippen LogP contribution is 2.49. The normalized spacial score (nSPS) is 22.3. The van der Waals surface area contributed by atoms with Crippen LogP contribution < -0.4 is 9.96 Å². The molecular weight excluding hydrogens is 434 g/mol. The van der Waals surface area contributed by atoms with Gasteiger partial charge in [0.25, 0.3) is 11.6 Å². The van der Waals surface area contributed by atoms with Crippen molar-refractivity contribution < 1.29 is 19.3 Å². The summed E-state index contributed by atoms with van der Waals surface area (Å²) >= 11 is 6.45. The molecule has 2 saturated heterocycles. The van der Waals surface area contributed by atoms with Gasteiger partial charge in [0.2, 0.25) is 5.91 Å². The van der Waals surface area contributed by atoms with Crippen molar-refractivity contribution in [3.8, 4) is 0 Å². The summed E-state index contributed by atoms with van der Waals surface area (Å²) in [6.07, 6.45) is -1.08. The summed E-state index contributed by atoms with van der Waals surface area (Å²) in [5, 5.41) is 13.1. The molecule has 2 heterocycles. The molecule has 0 aromatic heterocycles. The van der Waals surface area contributed by atoms with Gasteiger partial charge in [-0.2, -0.15) is 0 Å². The van der Waals surface area contributed by atoms with E-state index >= 15 is 0 Å². The molecule has 8 nitrogen and oxygen atoms in total. The Morgan fingerprint density at radius 1 is 0.875 bits per heavy atom. The molecule has 3 atom stereocenters. The number of imide groups is 1. The SMILES string of the molecule is O=C1[C@@H]2[C@@H](ON(c3ccccc3)[C@H]2c2cc([N+](=O)[O-])ccc2Cl)C(=O)N1c1ccccc1. The number of carbonyl (C=O) groups excluding carboxylic acids is 2. The molecule has 160 valence electrons. The third-order valence-electron chi connectivity index (χ3n) is 5.65. The summed E-state index contributed by atoms with van der Waals surface area (Å²) in [7, 11) is 0. The number of carbonyl (C=O) groups is 2. The Kier molecular flexibility index (Phi) is 4.88. The van der Waals surface area contributed by atoms with Gasteiger partial charge < -0.3 is 0 Å². The molecule has 9 heteroatoms. The van der Waals surface area contributed by atoms with Crippen LogP contribution in [0.5, 0.6) is 0 Å². The van der Waals surface area contributed by atoms with Crippen molar-refractivity contribution in [2.24, 2.45) is 5.92 Å². The maximum absolute atomic E-state index is 13.5. The Bertz CT molecular complexity index is 1220. The molecule has 32 heavy (non-hydrogen) atoms. The smallest absolute Gasteiger partial charge is 0.269 e. The van der Waals surface area contributed by atoms with Gasteiger partial charge in [-0.05, 0) is 30.3 Å². The molecule has 3 aromatic rings. The predicted molar refractivity (Wildman–Crippen MR) is 117 cm³/mol. The van der Waals surface area contributed by atoms with Crippen molar-refractivity contribution in [3.05, 3.63) is 99.6 Å². The van der Waals surface area contributed by atoms with Crippen LogP contribution in [0.2, 0.25) is 5.02 Å². The van der Waals surface area contributed by atoms with E-state index in [-0.39, 0.29) is 10.7 Å². The lowest BCUT2D eigenvalue weighted by Crippen LogP contribution is -2.37. The van der Waals surface area contributed by atoms with Gasteiger partial charge in [0, 0.05) is 22.7 Å². The zero-order chi connectivity index (χ0) is 22.4. The highest BCUT2D eigenvalue weighted by atomic mass is 35.5. The number of amides is 2. The van der Waals surface area contributed by atoms with Crippen LogP contribution in [0.15, 0.2) is 78.9 Å². The number of halogens is 1. The fourth-order valence-electron chi connectivity index (χ4n) is 4.23. The number of non-ortho nitro benzene ring substituents is 1. The molecule has 0 spiro atoms. The van der Waals surface area contributed by atoms with Gasteiger partial charge in [0.05, 0.1) is 22.3 Å². The zero-order valence-electron chi connectivity index (χ0n) is 16.5. The topological polar surface area (TPSA) is 93.0 Å². The molecule has 3 aromatic carbocycles. The minimum atomic E-state index is -1.08. The molecule has 2 amide bonds. The van der Waals surface area contributed by atoms with E-state index in [0.29, 0.717) is 16.9 Å². The maximum Gasteiger partial charge on any atom is 0.269 e. The van der Waals surface area contributed by atoms with Crippen LogP contribution >= 0.6 is 11.6 Å². The molecule has 5 rings (SSSR count). The number of hydrogen-bond acceptors (Lipinski definition) is 6. The quantitative estimate of drug-likeness (QED) is 0.335. The van der Waals surface area contributed by atoms with E-state index in [1.807, 2.05) is 6.07 Å². The van der Waals surface area contributed by atoms with Crippen molar-refractivity contribution in [2.75, 3.05) is 9.96 Å². The van der Waals surface area contributed by atoms with Crippen LogP contribution in [-0.2, 0) is 14.4 Å². The van der Waals surface area contributed by atoms with Crippen molar-refractivity contribution in [3.63, 3.8) is 0 Å². The monoisotopic (exact) mass is 449 g/mol. The Morgan fingerprint density at radius 3 is 2.12 bits per heavy atom. The second kappa shape index (κ2) is 7.74. The van der Waals surface area contributed by atoms with Crippen LogP contribution in [0.1, 0.15) is 11.6 Å². The first-order valence-corrected chi connectivity index (χ1v) is 10.2. The molecule has 2 fully saturated rings. The van der Waals surface area contributed by atoms with Crippen molar-refractivity contribution in [2.45, 2.75) is 12.1 Å². The number of nitrogens with zero attached hydrogens (tertiary/aromatic N) is 3. The fraction of sp³-hybridized carbons (Fsp3) is 0.130. The molecule has 0 radical (unpaired) electrons. The summed E-state index contributed by atoms with van der Waals surface area (Å²) in [6.45, 7) is 0. The second-order valence-corrected chi connectivity index (χ2v) is 7.88. The third-order valence-corrected chi connectivity index (χ3v) is 5.99. The Hall–Kier alpha value is -3.75. The number of anilines is 2. The summed E-state index contributed by atoms with van der Waals surface area (Å²) < 4.78 is 0. The van der Waals surface area contributed by atoms with E-state index < -0.39 is 34.8 Å². The molecule has 0 bridgehead atoms. The van der Waals surface area contributed by atoms with Gasteiger partial charge in [0.15, 0.2) is 6.10 Å². The number of nitro benzene ring substituents is 1. The Morgan fingerprint density at radius 2 is 1.50 bits per heavy atom. The van der Waals surface area contributed by atoms with Crippen LogP contribution in [0.4, 0.5) is 17.1 Å². The minimum Gasteiger partial charge on any atom is -0.273 e. The van der Waals surface area contributed by atoms with Gasteiger partial charge in [-0.25, -0.2) is 9.96 Å². The number of para-hydroxylation sites is 2. The first-order valence-electron chi connectivity index (χ1n) is 9.85. The Labute approximate surface area is 187 Å². The molecular formula is C23H16ClN3O5. The number of benzene rings is 3. The fourth-order valence-corrected chi connectivity index (χ4v) is 4.46. The summed E-state index contributed by atoms with van der Waals surface area (Å²) in [5.74, 6) is -1.86. The van der Waals surface area contributed by atoms with E-state index in [2.05, 4.69) is 0 Å². The van der Waals surface area contributed by atoms with Crippen LogP contribution in [-0.4, -0.2) is 22.8 Å². The Balaban J connectivity index is 1.64. The number of hydrogen-bond donors (Lipinski definition) is 0. The predicted octanol–water partition coefficient (Wildman–Crippen LogP) is 4.30. The lowest BCUT2D eigenvalue weighted by Gasteiger charge is -2.29. The summed E-state index contributed by atoms with van der Waals surface area (Å²) in [5.41, 5.74) is 1.21. The highest BCUT2D eigenvalue weighted by Gasteiger charge is 2.60. The molecule has 0 unspecified atom stereocenters. The standard InChI is InChI=1S/C23H16ClN3O5/c24-18-12-11-16(27(30)31)13-17(18)20-19-21(32-26(20)15-9-5-2-6-10-15)23(29)25(22(19)28)14-7-3-1-4-8-14/h1-13,19-21H/t19-,20-,21+/m0/s1. The average molecular weight is 450 g/mol. The van der Waals surface area contributed by atoms with Crippen LogP contribution in [0, 0.1) is 16.0 Å². The van der Waals surface area contributed by atoms with Crippen molar-refractivity contribution in [1.29, 1.82) is 0 Å². The largest absolute Gasteiger partial charge is 0.273 e. The van der Waals surface area contributed by atoms with Gasteiger partial charge in [-0.3, -0.25) is 24.5 Å². The van der Waals surface area contributed by atoms with E-state index in [9.17, 15) is 19.7 Å². The lowest BCUT2D eigenvalue weighted by molar-refractivity contribution is -0.384. The third kappa shape index (κ3) is 3.12. The molecule has 0 aliphatic carbocycles. The molecule has 0 saturated carbocycles. The first-order chi connectivity index (χ1) is 15.5. The van der Waals surface area contributed by atoms with Crippen molar-refractivity contribution >= 4 is 40.5 Å². The minimum absolute atomic E-state index is 0.169. The van der Waals surface area contributed by atoms with Crippen molar-refractivity contribution in [1.82, 2.24) is 0 Å². The summed E-state index contributed by atoms with van der Waals surface area (Å²) in [6, 6.07) is 20.7. The zero-order valence-corrected chi connectivity index (χ0v) is 17.3. The number of rotatable bonds is 4. The maximum atomic E-state index is 13.5. The summed E-state index contributed by atoms with van der Waals surface area (Å²) in [4.78, 5) is 44.7. The van der Waals surface area contributed by atoms with E-state index in [4.69, 9.17) is 16.4 Å². The van der Waals surface area contributed by atoms with Crippen LogP contribution in [0.25, 0.3) is 0 Å². The van der Waals surface area contributed by atoms with Gasteiger partial charge in [-0.1, -0.05) is 48.0 Å².